The summed E-state index contributed by atoms with van der Waals surface area (Å²) in [7, 11) is -3.80. The van der Waals surface area contributed by atoms with E-state index in [0.717, 1.165) is 17.5 Å². The van der Waals surface area contributed by atoms with Crippen molar-refractivity contribution in [3.63, 3.8) is 0 Å². The average molecular weight is 308 g/mol. The van der Waals surface area contributed by atoms with Crippen LogP contribution in [-0.2, 0) is 9.84 Å². The molecule has 0 aliphatic carbocycles. The smallest absolute Gasteiger partial charge is 0.227 e. The molecule has 0 atom stereocenters. The fourth-order valence-corrected chi connectivity index (χ4v) is 3.59. The van der Waals surface area contributed by atoms with Crippen LogP contribution >= 0.6 is 11.3 Å². The minimum Gasteiger partial charge on any atom is -0.360 e. The van der Waals surface area contributed by atoms with Gasteiger partial charge in [0.25, 0.3) is 0 Å². The van der Waals surface area contributed by atoms with Crippen molar-refractivity contribution in [2.75, 3.05) is 5.32 Å². The van der Waals surface area contributed by atoms with E-state index in [0.29, 0.717) is 5.69 Å². The zero-order valence-electron chi connectivity index (χ0n) is 10.1. The summed E-state index contributed by atoms with van der Waals surface area (Å²) < 4.78 is 37.1. The number of hydrogen-bond acceptors (Lipinski definition) is 5. The minimum absolute atomic E-state index is 0.103. The standard InChI is InChI=1S/C13H9FN2O2S2/c14-10-3-5-11(6-4-10)16-9-12(8-15)20(17,18)13-2-1-7-19-13/h1-7,9,16H/b12-9-. The van der Waals surface area contributed by atoms with Gasteiger partial charge in [0.1, 0.15) is 16.1 Å². The quantitative estimate of drug-likeness (QED) is 0.881. The van der Waals surface area contributed by atoms with Gasteiger partial charge in [0.05, 0.1) is 0 Å². The van der Waals surface area contributed by atoms with Crippen molar-refractivity contribution in [1.29, 1.82) is 5.26 Å². The van der Waals surface area contributed by atoms with E-state index < -0.39 is 20.6 Å². The van der Waals surface area contributed by atoms with Crippen molar-refractivity contribution in [2.45, 2.75) is 4.21 Å². The summed E-state index contributed by atoms with van der Waals surface area (Å²) in [6.07, 6.45) is 1.10. The Balaban J connectivity index is 2.27. The number of nitriles is 1. The van der Waals surface area contributed by atoms with Gasteiger partial charge in [0.15, 0.2) is 4.91 Å². The van der Waals surface area contributed by atoms with E-state index >= 15 is 0 Å². The Morgan fingerprint density at radius 3 is 2.55 bits per heavy atom. The van der Waals surface area contributed by atoms with Gasteiger partial charge < -0.3 is 5.32 Å². The monoisotopic (exact) mass is 308 g/mol. The third-order valence-corrected chi connectivity index (χ3v) is 5.44. The van der Waals surface area contributed by atoms with Crippen LogP contribution in [0.5, 0.6) is 0 Å². The molecule has 2 aromatic rings. The molecule has 0 aliphatic heterocycles. The Kier molecular flexibility index (Phi) is 4.17. The molecule has 1 aromatic heterocycles. The maximum atomic E-state index is 12.7. The zero-order valence-corrected chi connectivity index (χ0v) is 11.7. The summed E-state index contributed by atoms with van der Waals surface area (Å²) in [5.41, 5.74) is 0.487. The molecule has 1 aromatic carbocycles. The van der Waals surface area contributed by atoms with Crippen LogP contribution in [0.2, 0.25) is 0 Å². The maximum Gasteiger partial charge on any atom is 0.227 e. The normalized spacial score (nSPS) is 11.9. The fraction of sp³-hybridized carbons (Fsp3) is 0. The summed E-state index contributed by atoms with van der Waals surface area (Å²) in [6.45, 7) is 0. The van der Waals surface area contributed by atoms with E-state index in [1.54, 1.807) is 17.5 Å². The number of sulfone groups is 1. The van der Waals surface area contributed by atoms with Crippen LogP contribution in [0.3, 0.4) is 0 Å². The first-order chi connectivity index (χ1) is 9.54. The molecule has 20 heavy (non-hydrogen) atoms. The van der Waals surface area contributed by atoms with Crippen LogP contribution < -0.4 is 5.32 Å². The molecule has 102 valence electrons. The lowest BCUT2D eigenvalue weighted by Crippen LogP contribution is -2.03. The van der Waals surface area contributed by atoms with Gasteiger partial charge in [-0.15, -0.1) is 11.3 Å². The minimum atomic E-state index is -3.80. The second kappa shape index (κ2) is 5.86. The molecule has 0 spiro atoms. The van der Waals surface area contributed by atoms with Gasteiger partial charge in [0, 0.05) is 11.9 Å². The van der Waals surface area contributed by atoms with E-state index in [-0.39, 0.29) is 4.21 Å². The summed E-state index contributed by atoms with van der Waals surface area (Å²) in [5.74, 6) is -0.397. The number of thiophene rings is 1. The highest BCUT2D eigenvalue weighted by molar-refractivity contribution is 7.97. The number of hydrogen-bond donors (Lipinski definition) is 1. The molecule has 0 fully saturated rings. The molecular weight excluding hydrogens is 299 g/mol. The van der Waals surface area contributed by atoms with Crippen molar-refractivity contribution in [2.24, 2.45) is 0 Å². The summed E-state index contributed by atoms with van der Waals surface area (Å²) in [5, 5.41) is 13.3. The van der Waals surface area contributed by atoms with Gasteiger partial charge in [-0.3, -0.25) is 0 Å². The molecule has 0 saturated carbocycles. The van der Waals surface area contributed by atoms with Gasteiger partial charge in [-0.25, -0.2) is 12.8 Å². The highest BCUT2D eigenvalue weighted by Gasteiger charge is 2.21. The number of nitrogens with one attached hydrogen (secondary N) is 1. The molecule has 1 N–H and O–H groups in total. The molecule has 4 nitrogen and oxygen atoms in total. The van der Waals surface area contributed by atoms with Crippen molar-refractivity contribution < 1.29 is 12.8 Å². The van der Waals surface area contributed by atoms with Crippen molar-refractivity contribution in [3.05, 3.63) is 58.7 Å². The van der Waals surface area contributed by atoms with Gasteiger partial charge in [-0.05, 0) is 35.7 Å². The molecule has 0 bridgehead atoms. The van der Waals surface area contributed by atoms with Gasteiger partial charge in [-0.1, -0.05) is 6.07 Å². The summed E-state index contributed by atoms with van der Waals surface area (Å²) in [6, 6.07) is 10.0. The highest BCUT2D eigenvalue weighted by atomic mass is 32.2. The topological polar surface area (TPSA) is 70.0 Å². The molecule has 0 aliphatic rings. The first-order valence-electron chi connectivity index (χ1n) is 5.45. The predicted octanol–water partition coefficient (Wildman–Crippen LogP) is 3.14. The lowest BCUT2D eigenvalue weighted by molar-refractivity contribution is 0.605. The van der Waals surface area contributed by atoms with E-state index in [1.165, 1.54) is 30.3 Å². The maximum absolute atomic E-state index is 12.7. The van der Waals surface area contributed by atoms with E-state index in [9.17, 15) is 12.8 Å². The number of anilines is 1. The lowest BCUT2D eigenvalue weighted by Gasteiger charge is -2.02. The molecule has 2 rings (SSSR count). The third kappa shape index (κ3) is 3.04. The number of nitrogens with zero attached hydrogens (tertiary/aromatic N) is 1. The van der Waals surface area contributed by atoms with Crippen LogP contribution in [-0.4, -0.2) is 8.42 Å². The number of benzene rings is 1. The largest absolute Gasteiger partial charge is 0.360 e. The van der Waals surface area contributed by atoms with E-state index in [2.05, 4.69) is 5.32 Å². The van der Waals surface area contributed by atoms with Gasteiger partial charge in [-0.2, -0.15) is 5.26 Å². The van der Waals surface area contributed by atoms with Crippen LogP contribution in [0.15, 0.2) is 57.1 Å². The fourth-order valence-electron chi connectivity index (χ4n) is 1.39. The second-order valence-electron chi connectivity index (χ2n) is 3.71. The molecule has 0 unspecified atom stereocenters. The average Bonchev–Trinajstić information content (AvgIpc) is 2.96. The summed E-state index contributed by atoms with van der Waals surface area (Å²) >= 11 is 1.04. The number of allylic oxidation sites excluding steroid dienone is 1. The van der Waals surface area contributed by atoms with Crippen molar-refractivity contribution in [3.8, 4) is 6.07 Å². The van der Waals surface area contributed by atoms with Gasteiger partial charge in [0.2, 0.25) is 9.84 Å². The van der Waals surface area contributed by atoms with Crippen LogP contribution in [0.25, 0.3) is 0 Å². The second-order valence-corrected chi connectivity index (χ2v) is 6.80. The molecule has 0 radical (unpaired) electrons. The summed E-state index contributed by atoms with van der Waals surface area (Å²) in [4.78, 5) is -0.399. The first-order valence-corrected chi connectivity index (χ1v) is 7.81. The van der Waals surface area contributed by atoms with E-state index in [1.807, 2.05) is 0 Å². The number of halogens is 1. The van der Waals surface area contributed by atoms with Crippen molar-refractivity contribution >= 4 is 26.9 Å². The third-order valence-electron chi connectivity index (χ3n) is 2.37. The lowest BCUT2D eigenvalue weighted by atomic mass is 10.3. The Labute approximate surface area is 119 Å². The van der Waals surface area contributed by atoms with Crippen molar-refractivity contribution in [1.82, 2.24) is 0 Å². The van der Waals surface area contributed by atoms with Gasteiger partial charge >= 0.3 is 0 Å². The van der Waals surface area contributed by atoms with Crippen LogP contribution in [0.4, 0.5) is 10.1 Å². The number of rotatable bonds is 4. The molecule has 0 amide bonds. The molecule has 1 heterocycles. The van der Waals surface area contributed by atoms with Crippen LogP contribution in [0.1, 0.15) is 0 Å². The molecule has 7 heteroatoms. The Hall–Kier alpha value is -2.17. The Morgan fingerprint density at radius 1 is 1.30 bits per heavy atom. The van der Waals surface area contributed by atoms with E-state index in [4.69, 9.17) is 5.26 Å². The SMILES string of the molecule is N#C/C(=C/Nc1ccc(F)cc1)S(=O)(=O)c1cccs1. The van der Waals surface area contributed by atoms with Crippen LogP contribution in [0, 0.1) is 17.1 Å². The first kappa shape index (κ1) is 14.2. The Bertz CT molecular complexity index is 758. The predicted molar refractivity (Wildman–Crippen MR) is 75.2 cm³/mol. The molecular formula is C13H9FN2O2S2. The zero-order chi connectivity index (χ0) is 14.6. The molecule has 0 saturated heterocycles. The Morgan fingerprint density at radius 2 is 2.00 bits per heavy atom. The highest BCUT2D eigenvalue weighted by Crippen LogP contribution is 2.23.